The third kappa shape index (κ3) is 12.6. The fourth-order valence-corrected chi connectivity index (χ4v) is 4.14. The quantitative estimate of drug-likeness (QED) is 0.207. The van der Waals surface area contributed by atoms with Gasteiger partial charge >= 0.3 is 0 Å². The predicted molar refractivity (Wildman–Crippen MR) is 123 cm³/mol. The van der Waals surface area contributed by atoms with Crippen LogP contribution in [0.1, 0.15) is 108 Å². The van der Waals surface area contributed by atoms with Crippen LogP contribution in [0.5, 0.6) is 0 Å². The number of nitrogens with zero attached hydrogens (tertiary/aromatic N) is 1. The normalized spacial score (nSPS) is 11.9. The van der Waals surface area contributed by atoms with Crippen molar-refractivity contribution in [1.82, 2.24) is 0 Å². The van der Waals surface area contributed by atoms with E-state index in [2.05, 4.69) is 33.2 Å². The van der Waals surface area contributed by atoms with E-state index in [9.17, 15) is 5.11 Å². The lowest BCUT2D eigenvalue weighted by Gasteiger charge is -2.30. The van der Waals surface area contributed by atoms with Crippen molar-refractivity contribution in [1.29, 1.82) is 0 Å². The second-order valence-electron chi connectivity index (χ2n) is 9.34. The van der Waals surface area contributed by atoms with Crippen LogP contribution in [0.3, 0.4) is 0 Å². The molecule has 0 aliphatic carbocycles. The number of hydrogen-bond donors (Lipinski definition) is 1. The number of benzene rings is 1. The second-order valence-corrected chi connectivity index (χ2v) is 9.34. The van der Waals surface area contributed by atoms with Crippen LogP contribution in [-0.2, 0) is 13.2 Å². The first-order valence-corrected chi connectivity index (χ1v) is 12.1. The highest BCUT2D eigenvalue weighted by molar-refractivity contribution is 5.25. The van der Waals surface area contributed by atoms with Crippen LogP contribution in [0.15, 0.2) is 24.3 Å². The Hall–Kier alpha value is -0.860. The molecule has 1 N–H and O–H groups in total. The Bertz CT molecular complexity index is 483. The summed E-state index contributed by atoms with van der Waals surface area (Å²) in [5.41, 5.74) is 2.37. The second kappa shape index (κ2) is 16.0. The Balaban J connectivity index is 1.97. The highest BCUT2D eigenvalue weighted by atomic mass is 16.3. The number of hydrogen-bond acceptors (Lipinski definition) is 1. The molecule has 1 rings (SSSR count). The molecule has 0 amide bonds. The van der Waals surface area contributed by atoms with Gasteiger partial charge in [0, 0.05) is 5.56 Å². The summed E-state index contributed by atoms with van der Waals surface area (Å²) in [6, 6.07) is 8.31. The van der Waals surface area contributed by atoms with Gasteiger partial charge in [0.25, 0.3) is 0 Å². The summed E-state index contributed by atoms with van der Waals surface area (Å²) >= 11 is 0. The highest BCUT2D eigenvalue weighted by Gasteiger charge is 2.17. The zero-order valence-electron chi connectivity index (χ0n) is 19.2. The summed E-state index contributed by atoms with van der Waals surface area (Å²) in [6.45, 7) is 4.67. The number of unbranched alkanes of at least 4 members (excludes halogenated alkanes) is 13. The lowest BCUT2D eigenvalue weighted by Crippen LogP contribution is -2.39. The van der Waals surface area contributed by atoms with Crippen molar-refractivity contribution >= 4 is 0 Å². The van der Waals surface area contributed by atoms with Gasteiger partial charge in [0.05, 0.1) is 27.2 Å². The van der Waals surface area contributed by atoms with Crippen LogP contribution in [0.4, 0.5) is 0 Å². The van der Waals surface area contributed by atoms with Crippen LogP contribution in [0.2, 0.25) is 0 Å². The molecule has 0 fully saturated rings. The molecule has 0 unspecified atom stereocenters. The first-order valence-electron chi connectivity index (χ1n) is 12.1. The van der Waals surface area contributed by atoms with Crippen molar-refractivity contribution in [3.05, 3.63) is 35.4 Å². The van der Waals surface area contributed by atoms with E-state index in [1.807, 2.05) is 12.1 Å². The fourth-order valence-electron chi connectivity index (χ4n) is 4.14. The zero-order valence-corrected chi connectivity index (χ0v) is 19.2. The van der Waals surface area contributed by atoms with Gasteiger partial charge in [-0.1, -0.05) is 108 Å². The lowest BCUT2D eigenvalue weighted by atomic mass is 10.0. The first kappa shape index (κ1) is 25.2. The molecule has 2 heteroatoms. The van der Waals surface area contributed by atoms with Crippen molar-refractivity contribution in [2.45, 2.75) is 110 Å². The summed E-state index contributed by atoms with van der Waals surface area (Å²) in [5, 5.41) is 9.52. The molecule has 0 saturated carbocycles. The monoisotopic (exact) mass is 390 g/mol. The molecule has 0 spiro atoms. The Morgan fingerprint density at radius 2 is 1.07 bits per heavy atom. The highest BCUT2D eigenvalue weighted by Crippen LogP contribution is 2.17. The molecular weight excluding hydrogens is 342 g/mol. The van der Waals surface area contributed by atoms with Crippen LogP contribution < -0.4 is 0 Å². The molecule has 0 atom stereocenters. The van der Waals surface area contributed by atoms with Gasteiger partial charge in [0.1, 0.15) is 6.54 Å². The Kier molecular flexibility index (Phi) is 14.4. The van der Waals surface area contributed by atoms with Crippen molar-refractivity contribution in [3.8, 4) is 0 Å². The van der Waals surface area contributed by atoms with Crippen molar-refractivity contribution < 1.29 is 9.59 Å². The van der Waals surface area contributed by atoms with E-state index < -0.39 is 0 Å². The molecule has 2 nitrogen and oxygen atoms in total. The number of quaternary nitrogens is 1. The van der Waals surface area contributed by atoms with Crippen molar-refractivity contribution in [2.24, 2.45) is 0 Å². The number of rotatable bonds is 18. The van der Waals surface area contributed by atoms with Gasteiger partial charge in [-0.15, -0.1) is 0 Å². The minimum Gasteiger partial charge on any atom is -0.392 e. The Morgan fingerprint density at radius 3 is 1.54 bits per heavy atom. The molecule has 0 aliphatic rings. The van der Waals surface area contributed by atoms with Crippen molar-refractivity contribution in [3.63, 3.8) is 0 Å². The van der Waals surface area contributed by atoms with Gasteiger partial charge in [0.15, 0.2) is 0 Å². The van der Waals surface area contributed by atoms with Gasteiger partial charge in [0.2, 0.25) is 0 Å². The number of aliphatic hydroxyl groups is 1. The summed E-state index contributed by atoms with van der Waals surface area (Å²) in [7, 11) is 4.63. The van der Waals surface area contributed by atoms with Crippen LogP contribution >= 0.6 is 0 Å². The summed E-state index contributed by atoms with van der Waals surface area (Å²) in [5.74, 6) is 0. The molecule has 1 aromatic carbocycles. The predicted octanol–water partition coefficient (Wildman–Crippen LogP) is 7.24. The average molecular weight is 391 g/mol. The smallest absolute Gasteiger partial charge is 0.104 e. The van der Waals surface area contributed by atoms with E-state index in [1.165, 1.54) is 102 Å². The molecule has 0 heterocycles. The van der Waals surface area contributed by atoms with Gasteiger partial charge < -0.3 is 9.59 Å². The van der Waals surface area contributed by atoms with Crippen LogP contribution in [0, 0.1) is 0 Å². The van der Waals surface area contributed by atoms with Crippen molar-refractivity contribution in [2.75, 3.05) is 20.6 Å². The van der Waals surface area contributed by atoms with E-state index in [-0.39, 0.29) is 6.61 Å². The molecule has 0 aliphatic heterocycles. The third-order valence-electron chi connectivity index (χ3n) is 6.00. The van der Waals surface area contributed by atoms with Gasteiger partial charge in [-0.05, 0) is 18.4 Å². The van der Waals surface area contributed by atoms with Crippen LogP contribution in [0.25, 0.3) is 0 Å². The Labute approximate surface area is 175 Å². The van der Waals surface area contributed by atoms with Gasteiger partial charge in [-0.25, -0.2) is 0 Å². The summed E-state index contributed by atoms with van der Waals surface area (Å²) in [6.07, 6.45) is 19.8. The maximum atomic E-state index is 9.52. The van der Waals surface area contributed by atoms with Crippen LogP contribution in [-0.4, -0.2) is 30.2 Å². The maximum Gasteiger partial charge on any atom is 0.104 e. The van der Waals surface area contributed by atoms with Gasteiger partial charge in [-0.2, -0.15) is 0 Å². The average Bonchev–Trinajstić information content (AvgIpc) is 2.68. The molecule has 0 bridgehead atoms. The molecule has 0 radical (unpaired) electrons. The minimum atomic E-state index is 0.148. The topological polar surface area (TPSA) is 20.2 Å². The maximum absolute atomic E-state index is 9.52. The summed E-state index contributed by atoms with van der Waals surface area (Å²) in [4.78, 5) is 0. The molecular formula is C26H48NO+. The SMILES string of the molecule is CCCCCCCCCCCCCCCC[N+](C)(C)Cc1ccccc1CO. The fraction of sp³-hybridized carbons (Fsp3) is 0.769. The number of aliphatic hydroxyl groups excluding tert-OH is 1. The lowest BCUT2D eigenvalue weighted by molar-refractivity contribution is -0.903. The molecule has 1 aromatic rings. The molecule has 162 valence electrons. The van der Waals surface area contributed by atoms with E-state index in [1.54, 1.807) is 0 Å². The van der Waals surface area contributed by atoms with E-state index in [0.717, 1.165) is 16.6 Å². The van der Waals surface area contributed by atoms with Gasteiger partial charge in [-0.3, -0.25) is 0 Å². The van der Waals surface area contributed by atoms with E-state index in [0.29, 0.717) is 0 Å². The third-order valence-corrected chi connectivity index (χ3v) is 6.00. The van der Waals surface area contributed by atoms with E-state index in [4.69, 9.17) is 0 Å². The largest absolute Gasteiger partial charge is 0.392 e. The summed E-state index contributed by atoms with van der Waals surface area (Å²) < 4.78 is 1.01. The molecule has 28 heavy (non-hydrogen) atoms. The Morgan fingerprint density at radius 1 is 0.643 bits per heavy atom. The standard InChI is InChI=1S/C26H48NO/c1-4-5-6-7-8-9-10-11-12-13-14-15-16-19-22-27(2,3)23-25-20-17-18-21-26(25)24-28/h17-18,20-21,28H,4-16,19,22-24H2,1-3H3/q+1. The molecule has 0 saturated heterocycles. The first-order chi connectivity index (χ1) is 13.6. The zero-order chi connectivity index (χ0) is 20.5. The minimum absolute atomic E-state index is 0.148. The van der Waals surface area contributed by atoms with E-state index >= 15 is 0 Å². The molecule has 0 aromatic heterocycles.